The number of Topliss-reactive ketones (excluding diaryl/α,β-unsaturated/α-hetero) is 2. The van der Waals surface area contributed by atoms with Crippen LogP contribution in [-0.4, -0.2) is 34.0 Å². The standard InChI is InChI=1S/2C13H20O2/c2*1-4-5-6-7-9(2)13(15)12-10(3)8-11(12)14/h2*4-6,9-10,12-13,15H,1,7-8H2,2-3H3/b6-5+;6-5-/t2*9-,10?,12-,13?/m11/s1. The van der Waals surface area contributed by atoms with E-state index >= 15 is 0 Å². The highest BCUT2D eigenvalue weighted by Gasteiger charge is 2.43. The maximum Gasteiger partial charge on any atom is 0.139 e. The van der Waals surface area contributed by atoms with Crippen LogP contribution >= 0.6 is 0 Å². The van der Waals surface area contributed by atoms with Gasteiger partial charge < -0.3 is 10.2 Å². The van der Waals surface area contributed by atoms with Crippen molar-refractivity contribution < 1.29 is 19.8 Å². The second-order valence-corrected chi connectivity index (χ2v) is 9.08. The molecule has 0 radical (unpaired) electrons. The largest absolute Gasteiger partial charge is 0.392 e. The zero-order valence-corrected chi connectivity index (χ0v) is 19.0. The van der Waals surface area contributed by atoms with Gasteiger partial charge in [-0.3, -0.25) is 9.59 Å². The average Bonchev–Trinajstić information content (AvgIpc) is 2.68. The van der Waals surface area contributed by atoms with Crippen LogP contribution in [0.15, 0.2) is 49.6 Å². The monoisotopic (exact) mass is 416 g/mol. The normalized spacial score (nSPS) is 29.9. The Kier molecular flexibility index (Phi) is 11.2. The molecule has 4 nitrogen and oxygen atoms in total. The van der Waals surface area contributed by atoms with Crippen molar-refractivity contribution in [2.24, 2.45) is 35.5 Å². The van der Waals surface area contributed by atoms with E-state index in [0.717, 1.165) is 12.8 Å². The Labute approximate surface area is 182 Å². The summed E-state index contributed by atoms with van der Waals surface area (Å²) in [6, 6.07) is 0. The molecule has 0 heterocycles. The minimum absolute atomic E-state index is 0.128. The molecule has 2 saturated carbocycles. The van der Waals surface area contributed by atoms with Crippen LogP contribution in [0.3, 0.4) is 0 Å². The van der Waals surface area contributed by atoms with E-state index in [4.69, 9.17) is 0 Å². The molecule has 2 aliphatic carbocycles. The van der Waals surface area contributed by atoms with E-state index in [1.807, 2.05) is 52.0 Å². The maximum absolute atomic E-state index is 11.3. The van der Waals surface area contributed by atoms with Crippen molar-refractivity contribution >= 4 is 11.6 Å². The molecule has 2 rings (SSSR count). The van der Waals surface area contributed by atoms with Gasteiger partial charge in [0.1, 0.15) is 11.6 Å². The minimum atomic E-state index is -0.490. The average molecular weight is 417 g/mol. The molecule has 0 aromatic heterocycles. The first-order valence-corrected chi connectivity index (χ1v) is 11.1. The van der Waals surface area contributed by atoms with Crippen molar-refractivity contribution in [3.05, 3.63) is 49.6 Å². The second kappa shape index (κ2) is 12.8. The second-order valence-electron chi connectivity index (χ2n) is 9.08. The van der Waals surface area contributed by atoms with Crippen LogP contribution in [0.4, 0.5) is 0 Å². The number of carbonyl (C=O) groups excluding carboxylic acids is 2. The molecule has 0 spiro atoms. The molecule has 30 heavy (non-hydrogen) atoms. The first-order chi connectivity index (χ1) is 14.1. The molecule has 0 aliphatic heterocycles. The lowest BCUT2D eigenvalue weighted by Gasteiger charge is -2.38. The fourth-order valence-electron chi connectivity index (χ4n) is 4.29. The van der Waals surface area contributed by atoms with E-state index in [1.54, 1.807) is 12.2 Å². The number of hydrogen-bond acceptors (Lipinski definition) is 4. The summed E-state index contributed by atoms with van der Waals surface area (Å²) in [5.41, 5.74) is 0. The third-order valence-electron chi connectivity index (χ3n) is 6.48. The molecule has 2 aliphatic rings. The Morgan fingerprint density at radius 3 is 1.40 bits per heavy atom. The van der Waals surface area contributed by atoms with E-state index in [2.05, 4.69) is 13.2 Å². The van der Waals surface area contributed by atoms with Gasteiger partial charge in [0.25, 0.3) is 0 Å². The number of carbonyl (C=O) groups is 2. The summed E-state index contributed by atoms with van der Waals surface area (Å²) >= 11 is 0. The highest BCUT2D eigenvalue weighted by atomic mass is 16.3. The van der Waals surface area contributed by atoms with Crippen LogP contribution in [0.25, 0.3) is 0 Å². The topological polar surface area (TPSA) is 74.6 Å². The van der Waals surface area contributed by atoms with Gasteiger partial charge in [-0.05, 0) is 36.5 Å². The van der Waals surface area contributed by atoms with Gasteiger partial charge in [-0.1, -0.05) is 77.3 Å². The molecule has 0 bridgehead atoms. The first kappa shape index (κ1) is 26.3. The van der Waals surface area contributed by atoms with Gasteiger partial charge in [0.05, 0.1) is 12.2 Å². The molecule has 2 N–H and O–H groups in total. The molecule has 2 fully saturated rings. The predicted molar refractivity (Wildman–Crippen MR) is 123 cm³/mol. The van der Waals surface area contributed by atoms with E-state index in [-0.39, 0.29) is 35.2 Å². The van der Waals surface area contributed by atoms with Gasteiger partial charge >= 0.3 is 0 Å². The minimum Gasteiger partial charge on any atom is -0.392 e. The van der Waals surface area contributed by atoms with Crippen LogP contribution in [-0.2, 0) is 9.59 Å². The first-order valence-electron chi connectivity index (χ1n) is 11.1. The third-order valence-corrected chi connectivity index (χ3v) is 6.48. The maximum atomic E-state index is 11.3. The Hall–Kier alpha value is -1.78. The number of aliphatic hydroxyl groups excluding tert-OH is 2. The zero-order valence-electron chi connectivity index (χ0n) is 19.0. The Balaban J connectivity index is 0.000000300. The van der Waals surface area contributed by atoms with Crippen LogP contribution in [0, 0.1) is 35.5 Å². The number of allylic oxidation sites excluding steroid dienone is 6. The SMILES string of the molecule is C=C/C=C/C[C@@H](C)C(O)[C@H]1C(=O)CC1C.C=C/C=C\C[C@@H](C)C(O)[C@H]1C(=O)CC1C. The van der Waals surface area contributed by atoms with Gasteiger partial charge in [-0.2, -0.15) is 0 Å². The lowest BCUT2D eigenvalue weighted by atomic mass is 9.67. The van der Waals surface area contributed by atoms with Gasteiger partial charge in [-0.15, -0.1) is 0 Å². The van der Waals surface area contributed by atoms with Gasteiger partial charge in [0.15, 0.2) is 0 Å². The number of rotatable bonds is 10. The molecule has 0 saturated heterocycles. The van der Waals surface area contributed by atoms with E-state index in [0.29, 0.717) is 24.7 Å². The van der Waals surface area contributed by atoms with E-state index in [9.17, 15) is 19.8 Å². The fourth-order valence-corrected chi connectivity index (χ4v) is 4.29. The number of aliphatic hydroxyl groups is 2. The number of hydrogen-bond donors (Lipinski definition) is 2. The smallest absolute Gasteiger partial charge is 0.139 e. The summed E-state index contributed by atoms with van der Waals surface area (Å²) in [5.74, 6) is 1.14. The highest BCUT2D eigenvalue weighted by Crippen LogP contribution is 2.37. The molecular weight excluding hydrogens is 376 g/mol. The van der Waals surface area contributed by atoms with Crippen LogP contribution in [0.1, 0.15) is 53.4 Å². The third kappa shape index (κ3) is 7.17. The van der Waals surface area contributed by atoms with Crippen LogP contribution in [0.5, 0.6) is 0 Å². The van der Waals surface area contributed by atoms with E-state index < -0.39 is 12.2 Å². The lowest BCUT2D eigenvalue weighted by molar-refractivity contribution is -0.143. The van der Waals surface area contributed by atoms with Crippen molar-refractivity contribution in [1.29, 1.82) is 0 Å². The Bertz CT molecular complexity index is 591. The molecule has 4 unspecified atom stereocenters. The zero-order chi connectivity index (χ0) is 22.8. The summed E-state index contributed by atoms with van der Waals surface area (Å²) in [4.78, 5) is 22.6. The summed E-state index contributed by atoms with van der Waals surface area (Å²) in [5, 5.41) is 20.0. The molecule has 0 aromatic rings. The Morgan fingerprint density at radius 1 is 0.833 bits per heavy atom. The number of ketones is 2. The van der Waals surface area contributed by atoms with Crippen LogP contribution in [0.2, 0.25) is 0 Å². The lowest BCUT2D eigenvalue weighted by Crippen LogP contribution is -2.46. The quantitative estimate of drug-likeness (QED) is 0.507. The van der Waals surface area contributed by atoms with Crippen molar-refractivity contribution in [2.75, 3.05) is 0 Å². The van der Waals surface area contributed by atoms with Crippen molar-refractivity contribution in [3.63, 3.8) is 0 Å². The summed E-state index contributed by atoms with van der Waals surface area (Å²) in [7, 11) is 0. The molecular formula is C26H40O4. The van der Waals surface area contributed by atoms with Gasteiger partial charge in [0.2, 0.25) is 0 Å². The summed E-state index contributed by atoms with van der Waals surface area (Å²) < 4.78 is 0. The molecule has 168 valence electrons. The Morgan fingerprint density at radius 2 is 1.17 bits per heavy atom. The summed E-state index contributed by atoms with van der Waals surface area (Å²) in [6.45, 7) is 15.2. The van der Waals surface area contributed by atoms with Crippen molar-refractivity contribution in [3.8, 4) is 0 Å². The van der Waals surface area contributed by atoms with Gasteiger partial charge in [-0.25, -0.2) is 0 Å². The molecule has 4 heteroatoms. The fraction of sp³-hybridized carbons (Fsp3) is 0.615. The molecule has 0 amide bonds. The van der Waals surface area contributed by atoms with Crippen LogP contribution < -0.4 is 0 Å². The highest BCUT2D eigenvalue weighted by molar-refractivity contribution is 5.88. The molecule has 0 aromatic carbocycles. The van der Waals surface area contributed by atoms with Crippen molar-refractivity contribution in [1.82, 2.24) is 0 Å². The van der Waals surface area contributed by atoms with E-state index in [1.165, 1.54) is 0 Å². The molecule has 8 atom stereocenters. The predicted octanol–water partition coefficient (Wildman–Crippen LogP) is 4.68. The summed E-state index contributed by atoms with van der Waals surface area (Å²) in [6.07, 6.45) is 13.0. The van der Waals surface area contributed by atoms with Crippen molar-refractivity contribution in [2.45, 2.75) is 65.6 Å². The van der Waals surface area contributed by atoms with Gasteiger partial charge in [0, 0.05) is 24.7 Å².